The van der Waals surface area contributed by atoms with Crippen molar-refractivity contribution < 1.29 is 14.1 Å². The average molecular weight is 270 g/mol. The molecule has 5 heteroatoms. The van der Waals surface area contributed by atoms with Crippen molar-refractivity contribution in [2.45, 2.75) is 19.8 Å². The van der Waals surface area contributed by atoms with Crippen LogP contribution in [0.4, 0.5) is 5.82 Å². The van der Waals surface area contributed by atoms with Gasteiger partial charge < -0.3 is 9.84 Å². The molecule has 1 aromatic carbocycles. The summed E-state index contributed by atoms with van der Waals surface area (Å²) in [5.41, 5.74) is 1.66. The largest absolute Gasteiger partial charge is 0.360 e. The Kier molecular flexibility index (Phi) is 3.10. The highest BCUT2D eigenvalue weighted by Gasteiger charge is 2.29. The van der Waals surface area contributed by atoms with Crippen molar-refractivity contribution in [1.29, 1.82) is 0 Å². The fraction of sp³-hybridized carbons (Fsp3) is 0.267. The minimum Gasteiger partial charge on any atom is -0.360 e. The highest BCUT2D eigenvalue weighted by Crippen LogP contribution is 2.26. The van der Waals surface area contributed by atoms with Crippen molar-refractivity contribution >= 4 is 17.5 Å². The SMILES string of the molecule is Cc1cc(NC(=O)C2CC(=O)c3ccccc3C2)no1. The van der Waals surface area contributed by atoms with Crippen molar-refractivity contribution in [2.75, 3.05) is 5.32 Å². The van der Waals surface area contributed by atoms with Crippen LogP contribution in [0.3, 0.4) is 0 Å². The lowest BCUT2D eigenvalue weighted by molar-refractivity contribution is -0.120. The first-order chi connectivity index (χ1) is 9.63. The van der Waals surface area contributed by atoms with Crippen LogP contribution in [0.15, 0.2) is 34.9 Å². The van der Waals surface area contributed by atoms with Crippen molar-refractivity contribution in [2.24, 2.45) is 5.92 Å². The number of aromatic nitrogens is 1. The predicted molar refractivity (Wildman–Crippen MR) is 72.5 cm³/mol. The molecule has 0 aliphatic heterocycles. The molecular formula is C15H14N2O3. The van der Waals surface area contributed by atoms with Gasteiger partial charge in [0.25, 0.3) is 0 Å². The molecule has 0 radical (unpaired) electrons. The number of benzene rings is 1. The molecule has 1 N–H and O–H groups in total. The summed E-state index contributed by atoms with van der Waals surface area (Å²) in [6.07, 6.45) is 0.810. The van der Waals surface area contributed by atoms with E-state index in [0.717, 1.165) is 11.1 Å². The van der Waals surface area contributed by atoms with Crippen molar-refractivity contribution in [3.05, 3.63) is 47.2 Å². The number of rotatable bonds is 2. The van der Waals surface area contributed by atoms with Crippen molar-refractivity contribution in [3.8, 4) is 0 Å². The topological polar surface area (TPSA) is 72.2 Å². The summed E-state index contributed by atoms with van der Waals surface area (Å²) in [5.74, 6) is 0.489. The maximum Gasteiger partial charge on any atom is 0.229 e. The fourth-order valence-corrected chi connectivity index (χ4v) is 2.48. The Labute approximate surface area is 116 Å². The van der Waals surface area contributed by atoms with Gasteiger partial charge in [0.05, 0.1) is 0 Å². The van der Waals surface area contributed by atoms with Crippen LogP contribution in [0, 0.1) is 12.8 Å². The summed E-state index contributed by atoms with van der Waals surface area (Å²) in [6.45, 7) is 1.75. The van der Waals surface area contributed by atoms with Gasteiger partial charge in [-0.1, -0.05) is 29.4 Å². The van der Waals surface area contributed by atoms with Gasteiger partial charge in [0, 0.05) is 24.0 Å². The van der Waals surface area contributed by atoms with Crippen molar-refractivity contribution in [3.63, 3.8) is 0 Å². The third-order valence-corrected chi connectivity index (χ3v) is 3.47. The quantitative estimate of drug-likeness (QED) is 0.909. The standard InChI is InChI=1S/C15H14N2O3/c1-9-6-14(17-20-9)16-15(19)11-7-10-4-2-3-5-12(10)13(18)8-11/h2-6,11H,7-8H2,1H3,(H,16,17,19). The minimum atomic E-state index is -0.352. The lowest BCUT2D eigenvalue weighted by Crippen LogP contribution is -2.31. The monoisotopic (exact) mass is 270 g/mol. The number of ketones is 1. The van der Waals surface area contributed by atoms with Gasteiger partial charge in [-0.2, -0.15) is 0 Å². The molecule has 1 aliphatic carbocycles. The second-order valence-electron chi connectivity index (χ2n) is 5.00. The summed E-state index contributed by atoms with van der Waals surface area (Å²) < 4.78 is 4.90. The Morgan fingerprint density at radius 1 is 1.35 bits per heavy atom. The van der Waals surface area contributed by atoms with Crippen LogP contribution in [-0.2, 0) is 11.2 Å². The zero-order valence-electron chi connectivity index (χ0n) is 11.1. The maximum absolute atomic E-state index is 12.2. The maximum atomic E-state index is 12.2. The minimum absolute atomic E-state index is 0.0170. The van der Waals surface area contributed by atoms with Crippen LogP contribution in [-0.4, -0.2) is 16.8 Å². The van der Waals surface area contributed by atoms with Crippen LogP contribution in [0.5, 0.6) is 0 Å². The average Bonchev–Trinajstić information content (AvgIpc) is 2.84. The van der Waals surface area contributed by atoms with E-state index in [1.54, 1.807) is 13.0 Å². The summed E-state index contributed by atoms with van der Waals surface area (Å²) in [7, 11) is 0. The molecule has 0 fully saturated rings. The normalized spacial score (nSPS) is 17.6. The van der Waals surface area contributed by atoms with Crippen molar-refractivity contribution in [1.82, 2.24) is 5.16 Å². The number of nitrogens with one attached hydrogen (secondary N) is 1. The molecule has 0 saturated heterocycles. The molecule has 0 saturated carbocycles. The Morgan fingerprint density at radius 3 is 2.90 bits per heavy atom. The molecule has 20 heavy (non-hydrogen) atoms. The molecule has 1 heterocycles. The van der Waals surface area contributed by atoms with E-state index in [1.165, 1.54) is 0 Å². The third kappa shape index (κ3) is 2.34. The number of anilines is 1. The fourth-order valence-electron chi connectivity index (χ4n) is 2.48. The van der Waals surface area contributed by atoms with E-state index in [9.17, 15) is 9.59 Å². The smallest absolute Gasteiger partial charge is 0.229 e. The van der Waals surface area contributed by atoms with E-state index in [2.05, 4.69) is 10.5 Å². The molecule has 5 nitrogen and oxygen atoms in total. The van der Waals surface area contributed by atoms with Crippen LogP contribution in [0.2, 0.25) is 0 Å². The molecule has 1 aliphatic rings. The van der Waals surface area contributed by atoms with Gasteiger partial charge in [-0.05, 0) is 18.9 Å². The number of Topliss-reactive ketones (excluding diaryl/α,β-unsaturated/α-hetero) is 1. The summed E-state index contributed by atoms with van der Waals surface area (Å²) in [6, 6.07) is 9.08. The van der Waals surface area contributed by atoms with Crippen LogP contribution in [0.1, 0.15) is 28.1 Å². The number of amides is 1. The molecule has 1 unspecified atom stereocenters. The van der Waals surface area contributed by atoms with Gasteiger partial charge in [-0.25, -0.2) is 0 Å². The predicted octanol–water partition coefficient (Wildman–Crippen LogP) is 2.37. The Balaban J connectivity index is 1.76. The van der Waals surface area contributed by atoms with Gasteiger partial charge in [0.15, 0.2) is 11.6 Å². The number of carbonyl (C=O) groups excluding carboxylic acids is 2. The third-order valence-electron chi connectivity index (χ3n) is 3.47. The number of hydrogen-bond acceptors (Lipinski definition) is 4. The van der Waals surface area contributed by atoms with Gasteiger partial charge in [-0.15, -0.1) is 0 Å². The van der Waals surface area contributed by atoms with Gasteiger partial charge in [0.1, 0.15) is 5.76 Å². The van der Waals surface area contributed by atoms with E-state index in [1.807, 2.05) is 24.3 Å². The highest BCUT2D eigenvalue weighted by atomic mass is 16.5. The van der Waals surface area contributed by atoms with Gasteiger partial charge in [0.2, 0.25) is 5.91 Å². The van der Waals surface area contributed by atoms with E-state index in [0.29, 0.717) is 18.0 Å². The zero-order valence-corrected chi connectivity index (χ0v) is 11.1. The van der Waals surface area contributed by atoms with Crippen LogP contribution < -0.4 is 5.32 Å². The number of carbonyl (C=O) groups is 2. The molecule has 1 atom stereocenters. The number of hydrogen-bond donors (Lipinski definition) is 1. The molecular weight excluding hydrogens is 256 g/mol. The second kappa shape index (κ2) is 4.92. The second-order valence-corrected chi connectivity index (χ2v) is 5.00. The van der Waals surface area contributed by atoms with Crippen LogP contribution >= 0.6 is 0 Å². The van der Waals surface area contributed by atoms with Gasteiger partial charge in [-0.3, -0.25) is 9.59 Å². The molecule has 1 amide bonds. The Hall–Kier alpha value is -2.43. The number of nitrogens with zero attached hydrogens (tertiary/aromatic N) is 1. The first-order valence-electron chi connectivity index (χ1n) is 6.49. The molecule has 102 valence electrons. The Bertz CT molecular complexity index is 675. The van der Waals surface area contributed by atoms with E-state index in [4.69, 9.17) is 4.52 Å². The number of fused-ring (bicyclic) bond motifs is 1. The molecule has 3 rings (SSSR count). The lowest BCUT2D eigenvalue weighted by Gasteiger charge is -2.22. The van der Waals surface area contributed by atoms with E-state index < -0.39 is 0 Å². The zero-order chi connectivity index (χ0) is 14.1. The summed E-state index contributed by atoms with van der Waals surface area (Å²) in [5, 5.41) is 6.41. The van der Waals surface area contributed by atoms with E-state index in [-0.39, 0.29) is 24.0 Å². The van der Waals surface area contributed by atoms with Crippen LogP contribution in [0.25, 0.3) is 0 Å². The highest BCUT2D eigenvalue weighted by molar-refractivity contribution is 6.03. The first-order valence-corrected chi connectivity index (χ1v) is 6.49. The van der Waals surface area contributed by atoms with Gasteiger partial charge >= 0.3 is 0 Å². The number of aryl methyl sites for hydroxylation is 1. The molecule has 2 aromatic rings. The lowest BCUT2D eigenvalue weighted by atomic mass is 9.82. The molecule has 1 aromatic heterocycles. The molecule has 0 spiro atoms. The first kappa shape index (κ1) is 12.6. The summed E-state index contributed by atoms with van der Waals surface area (Å²) in [4.78, 5) is 24.2. The van der Waals surface area contributed by atoms with E-state index >= 15 is 0 Å². The summed E-state index contributed by atoms with van der Waals surface area (Å²) >= 11 is 0. The Morgan fingerprint density at radius 2 is 2.15 bits per heavy atom. The molecule has 0 bridgehead atoms.